The zero-order chi connectivity index (χ0) is 31.6. The van der Waals surface area contributed by atoms with Gasteiger partial charge in [-0.15, -0.1) is 0 Å². The van der Waals surface area contributed by atoms with Crippen LogP contribution in [0.5, 0.6) is 0 Å². The Kier molecular flexibility index (Phi) is 7.72. The summed E-state index contributed by atoms with van der Waals surface area (Å²) in [5, 5.41) is 2.28. The minimum atomic E-state index is 0.652. The van der Waals surface area contributed by atoms with E-state index in [4.69, 9.17) is 15.0 Å². The fraction of sp³-hybridized carbons (Fsp3) is 0. The van der Waals surface area contributed by atoms with Gasteiger partial charge in [-0.25, -0.2) is 0 Å². The van der Waals surface area contributed by atoms with Crippen LogP contribution in [0.15, 0.2) is 170 Å². The predicted molar refractivity (Wildman–Crippen MR) is 195 cm³/mol. The van der Waals surface area contributed by atoms with E-state index in [0.717, 1.165) is 37.5 Å². The second-order valence-electron chi connectivity index (χ2n) is 11.4. The number of benzene rings is 7. The molecule has 0 N–H and O–H groups in total. The molecule has 1 heterocycles. The third kappa shape index (κ3) is 5.89. The Hall–Kier alpha value is -5.67. The second kappa shape index (κ2) is 12.6. The molecule has 4 heteroatoms. The van der Waals surface area contributed by atoms with Gasteiger partial charge in [0, 0.05) is 0 Å². The fourth-order valence-electron chi connectivity index (χ4n) is 5.98. The zero-order valence-electron chi connectivity index (χ0n) is 25.4. The van der Waals surface area contributed by atoms with Crippen LogP contribution in [0, 0.1) is 0 Å². The van der Waals surface area contributed by atoms with Gasteiger partial charge in [0.25, 0.3) is 0 Å². The first kappa shape index (κ1) is 28.8. The van der Waals surface area contributed by atoms with Crippen LogP contribution in [0.2, 0.25) is 0 Å². The van der Waals surface area contributed by atoms with Crippen molar-refractivity contribution in [2.45, 2.75) is 0 Å². The van der Waals surface area contributed by atoms with Gasteiger partial charge in [0.2, 0.25) is 0 Å². The van der Waals surface area contributed by atoms with Crippen LogP contribution in [-0.4, -0.2) is 31.0 Å². The molecule has 0 aliphatic rings. The Bertz CT molecular complexity index is 2300. The van der Waals surface area contributed by atoms with Gasteiger partial charge in [0.15, 0.2) is 0 Å². The molecule has 0 saturated heterocycles. The van der Waals surface area contributed by atoms with E-state index in [1.807, 2.05) is 60.7 Å². The summed E-state index contributed by atoms with van der Waals surface area (Å²) in [5.41, 5.74) is 10.0. The van der Waals surface area contributed by atoms with Gasteiger partial charge in [-0.3, -0.25) is 0 Å². The Morgan fingerprint density at radius 2 is 0.702 bits per heavy atom. The molecule has 47 heavy (non-hydrogen) atoms. The molecule has 0 amide bonds. The van der Waals surface area contributed by atoms with E-state index in [2.05, 4.69) is 125 Å². The van der Waals surface area contributed by atoms with Crippen molar-refractivity contribution < 1.29 is 0 Å². The van der Waals surface area contributed by atoms with E-state index in [9.17, 15) is 0 Å². The van der Waals surface area contributed by atoms with Gasteiger partial charge in [0.05, 0.1) is 0 Å². The van der Waals surface area contributed by atoms with Crippen LogP contribution in [0.1, 0.15) is 0 Å². The van der Waals surface area contributed by atoms with Gasteiger partial charge in [0.1, 0.15) is 0 Å². The molecule has 1 radical (unpaired) electrons. The molecule has 0 aliphatic carbocycles. The molecule has 0 atom stereocenters. The van der Waals surface area contributed by atoms with Gasteiger partial charge in [-0.1, -0.05) is 60.7 Å². The fourth-order valence-corrected chi connectivity index (χ4v) is 6.76. The quantitative estimate of drug-likeness (QED) is 0.166. The molecule has 0 fully saturated rings. The molecule has 0 saturated carbocycles. The minimum absolute atomic E-state index is 0.652. The van der Waals surface area contributed by atoms with Crippen LogP contribution in [0.4, 0.5) is 0 Å². The summed E-state index contributed by atoms with van der Waals surface area (Å²) in [7, 11) is 0. The monoisotopic (exact) mass is 666 g/mol. The molecular weight excluding hydrogens is 637 g/mol. The van der Waals surface area contributed by atoms with Crippen molar-refractivity contribution >= 4 is 31.2 Å². The van der Waals surface area contributed by atoms with Crippen molar-refractivity contribution in [2.24, 2.45) is 0 Å². The Morgan fingerprint density at radius 3 is 1.28 bits per heavy atom. The Morgan fingerprint density at radius 1 is 0.298 bits per heavy atom. The Balaban J connectivity index is 1.16. The summed E-state index contributed by atoms with van der Waals surface area (Å²) in [4.78, 5) is 14.7. The molecule has 3 nitrogen and oxygen atoms in total. The molecule has 0 spiro atoms. The SMILES string of the molecule is [Se]c1c(-c2cccc(-c3ccccc3)c2)cccc1-c1ccc2cc(-c3nc(-c4ccccc4)nc(-c4ccccc4)n3)ccc2c1. The zero-order valence-corrected chi connectivity index (χ0v) is 27.1. The van der Waals surface area contributed by atoms with Crippen LogP contribution in [0.3, 0.4) is 0 Å². The van der Waals surface area contributed by atoms with Gasteiger partial charge in [-0.2, -0.15) is 0 Å². The average molecular weight is 666 g/mol. The number of fused-ring (bicyclic) bond motifs is 1. The van der Waals surface area contributed by atoms with E-state index in [1.54, 1.807) is 0 Å². The molecule has 7 aromatic carbocycles. The van der Waals surface area contributed by atoms with E-state index < -0.39 is 0 Å². The van der Waals surface area contributed by atoms with Crippen LogP contribution in [0.25, 0.3) is 78.3 Å². The third-order valence-electron chi connectivity index (χ3n) is 8.40. The third-order valence-corrected chi connectivity index (χ3v) is 9.33. The average Bonchev–Trinajstić information content (AvgIpc) is 3.15. The molecule has 1 aromatic heterocycles. The van der Waals surface area contributed by atoms with Crippen LogP contribution in [-0.2, 0) is 0 Å². The van der Waals surface area contributed by atoms with E-state index in [0.29, 0.717) is 17.5 Å². The topological polar surface area (TPSA) is 38.7 Å². The standard InChI is InChI=1S/C43H28N3Se/c47-40-38(35-19-10-18-32(26-35)29-12-4-1-5-13-29)20-11-21-39(40)36-24-22-34-28-37(25-23-33(34)27-36)43-45-41(30-14-6-2-7-15-30)44-42(46-43)31-16-8-3-9-17-31/h1-28H. The van der Waals surface area contributed by atoms with Gasteiger partial charge >= 0.3 is 223 Å². The van der Waals surface area contributed by atoms with Crippen molar-refractivity contribution in [3.05, 3.63) is 170 Å². The molecule has 8 aromatic rings. The summed E-state index contributed by atoms with van der Waals surface area (Å²) < 4.78 is 1.14. The van der Waals surface area contributed by atoms with Crippen molar-refractivity contribution in [1.82, 2.24) is 15.0 Å². The maximum atomic E-state index is 4.92. The summed E-state index contributed by atoms with van der Waals surface area (Å²) in [6.07, 6.45) is 0. The summed E-state index contributed by atoms with van der Waals surface area (Å²) in [5.74, 6) is 1.97. The summed E-state index contributed by atoms with van der Waals surface area (Å²) in [6.45, 7) is 0. The number of rotatable bonds is 6. The molecular formula is C43H28N3Se. The molecule has 221 valence electrons. The number of aromatic nitrogens is 3. The molecule has 0 bridgehead atoms. The molecule has 0 aliphatic heterocycles. The van der Waals surface area contributed by atoms with Crippen molar-refractivity contribution in [2.75, 3.05) is 0 Å². The maximum absolute atomic E-state index is 4.92. The van der Waals surface area contributed by atoms with Crippen molar-refractivity contribution in [3.63, 3.8) is 0 Å². The normalized spacial score (nSPS) is 11.1. The van der Waals surface area contributed by atoms with E-state index in [-0.39, 0.29) is 0 Å². The second-order valence-corrected chi connectivity index (χ2v) is 12.3. The number of nitrogens with zero attached hydrogens (tertiary/aromatic N) is 3. The molecule has 8 rings (SSSR count). The summed E-state index contributed by atoms with van der Waals surface area (Å²) in [6, 6.07) is 59.0. The number of hydrogen-bond acceptors (Lipinski definition) is 3. The first-order valence-electron chi connectivity index (χ1n) is 15.6. The van der Waals surface area contributed by atoms with E-state index >= 15 is 0 Å². The first-order chi connectivity index (χ1) is 23.2. The van der Waals surface area contributed by atoms with Crippen LogP contribution >= 0.6 is 0 Å². The molecule has 0 unspecified atom stereocenters. The van der Waals surface area contributed by atoms with Gasteiger partial charge in [-0.05, 0) is 0 Å². The predicted octanol–water partition coefficient (Wildman–Crippen LogP) is 9.82. The van der Waals surface area contributed by atoms with Crippen molar-refractivity contribution in [1.29, 1.82) is 0 Å². The summed E-state index contributed by atoms with van der Waals surface area (Å²) >= 11 is 3.39. The van der Waals surface area contributed by atoms with E-state index in [1.165, 1.54) is 27.8 Å². The van der Waals surface area contributed by atoms with Crippen molar-refractivity contribution in [3.8, 4) is 67.5 Å². The van der Waals surface area contributed by atoms with Gasteiger partial charge < -0.3 is 0 Å². The number of hydrogen-bond donors (Lipinski definition) is 0. The van der Waals surface area contributed by atoms with Crippen LogP contribution < -0.4 is 4.46 Å². The first-order valence-corrected chi connectivity index (χ1v) is 16.4. The Labute approximate surface area is 282 Å².